The molecule has 1 aliphatic heterocycles. The van der Waals surface area contributed by atoms with Crippen molar-refractivity contribution in [1.82, 2.24) is 0 Å². The molecule has 0 saturated heterocycles. The molecule has 0 amide bonds. The predicted molar refractivity (Wildman–Crippen MR) is 90.2 cm³/mol. The van der Waals surface area contributed by atoms with Crippen LogP contribution >= 0.6 is 0 Å². The van der Waals surface area contributed by atoms with Gasteiger partial charge in [-0.3, -0.25) is 0 Å². The highest BCUT2D eigenvalue weighted by Gasteiger charge is 2.41. The molecule has 0 unspecified atom stereocenters. The van der Waals surface area contributed by atoms with Gasteiger partial charge in [0.1, 0.15) is 7.05 Å². The van der Waals surface area contributed by atoms with E-state index in [9.17, 15) is 0 Å². The third-order valence-corrected chi connectivity index (χ3v) is 4.58. The van der Waals surface area contributed by atoms with E-state index in [1.807, 2.05) is 0 Å². The highest BCUT2D eigenvalue weighted by atomic mass is 16.5. The van der Waals surface area contributed by atoms with Crippen LogP contribution in [-0.4, -0.2) is 23.6 Å². The molecule has 2 heteroatoms. The predicted octanol–water partition coefficient (Wildman–Crippen LogP) is 4.07. The van der Waals surface area contributed by atoms with Gasteiger partial charge in [0.15, 0.2) is 12.1 Å². The Balaban J connectivity index is 1.76. The lowest BCUT2D eigenvalue weighted by Gasteiger charge is -2.13. The van der Waals surface area contributed by atoms with Crippen molar-refractivity contribution in [1.29, 1.82) is 0 Å². The van der Waals surface area contributed by atoms with Crippen LogP contribution < -0.4 is 0 Å². The van der Waals surface area contributed by atoms with Gasteiger partial charge in [-0.2, -0.15) is 4.58 Å². The molecule has 0 bridgehead atoms. The van der Waals surface area contributed by atoms with E-state index in [0.717, 1.165) is 12.3 Å². The van der Waals surface area contributed by atoms with Gasteiger partial charge in [0.25, 0.3) is 0 Å². The molecule has 0 spiro atoms. The van der Waals surface area contributed by atoms with E-state index in [-0.39, 0.29) is 6.10 Å². The molecule has 0 saturated carbocycles. The van der Waals surface area contributed by atoms with E-state index in [4.69, 9.17) is 4.74 Å². The normalized spacial score (nSPS) is 22.5. The molecular weight excluding hydrogens is 270 g/mol. The van der Waals surface area contributed by atoms with Crippen molar-refractivity contribution in [2.75, 3.05) is 7.05 Å². The quantitative estimate of drug-likeness (QED) is 0.774. The lowest BCUT2D eigenvalue weighted by molar-refractivity contribution is -0.529. The number of hydrogen-bond acceptors (Lipinski definition) is 1. The molecule has 0 N–H and O–H groups in total. The van der Waals surface area contributed by atoms with Crippen LogP contribution in [0.15, 0.2) is 60.7 Å². The summed E-state index contributed by atoms with van der Waals surface area (Å²) in [7, 11) is 2.14. The summed E-state index contributed by atoms with van der Waals surface area (Å²) in [6, 6.07) is 21.5. The summed E-state index contributed by atoms with van der Waals surface area (Å²) in [6.45, 7) is 4.48. The third-order valence-electron chi connectivity index (χ3n) is 4.58. The smallest absolute Gasteiger partial charge is 0.340 e. The maximum absolute atomic E-state index is 6.35. The van der Waals surface area contributed by atoms with E-state index in [0.29, 0.717) is 12.0 Å². The summed E-state index contributed by atoms with van der Waals surface area (Å²) in [4.78, 5) is 0. The van der Waals surface area contributed by atoms with Gasteiger partial charge >= 0.3 is 5.90 Å². The monoisotopic (exact) mass is 294 g/mol. The number of benzene rings is 2. The van der Waals surface area contributed by atoms with Gasteiger partial charge < -0.3 is 4.74 Å². The summed E-state index contributed by atoms with van der Waals surface area (Å²) in [6.07, 6.45) is 1.13. The maximum atomic E-state index is 6.35. The van der Waals surface area contributed by atoms with E-state index in [1.54, 1.807) is 0 Å². The molecule has 0 aromatic heterocycles. The summed E-state index contributed by atoms with van der Waals surface area (Å²) >= 11 is 0. The second kappa shape index (κ2) is 6.35. The minimum absolute atomic E-state index is 0.124. The maximum Gasteiger partial charge on any atom is 0.340 e. The molecule has 3 rings (SSSR count). The molecule has 2 aromatic carbocycles. The Kier molecular flexibility index (Phi) is 4.28. The van der Waals surface area contributed by atoms with Crippen molar-refractivity contribution < 1.29 is 9.31 Å². The fraction of sp³-hybridized carbons (Fsp3) is 0.350. The summed E-state index contributed by atoms with van der Waals surface area (Å²) < 4.78 is 8.65. The van der Waals surface area contributed by atoms with Gasteiger partial charge in [0, 0.05) is 6.92 Å². The van der Waals surface area contributed by atoms with Gasteiger partial charge in [-0.25, -0.2) is 0 Å². The zero-order valence-corrected chi connectivity index (χ0v) is 13.6. The minimum Gasteiger partial charge on any atom is -0.433 e. The van der Waals surface area contributed by atoms with Crippen molar-refractivity contribution >= 4 is 5.90 Å². The average Bonchev–Trinajstić information content (AvgIpc) is 2.85. The lowest BCUT2D eigenvalue weighted by Crippen LogP contribution is -2.24. The van der Waals surface area contributed by atoms with E-state index in [1.165, 1.54) is 11.1 Å². The second-order valence-corrected chi connectivity index (χ2v) is 6.23. The Morgan fingerprint density at radius 3 is 2.23 bits per heavy atom. The van der Waals surface area contributed by atoms with Crippen LogP contribution in [0, 0.1) is 5.92 Å². The third kappa shape index (κ3) is 2.92. The Morgan fingerprint density at radius 2 is 1.59 bits per heavy atom. The summed E-state index contributed by atoms with van der Waals surface area (Å²) in [5.74, 6) is 1.48. The van der Waals surface area contributed by atoms with Crippen LogP contribution in [0.1, 0.15) is 31.1 Å². The molecule has 0 radical (unpaired) electrons. The first-order valence-electron chi connectivity index (χ1n) is 8.02. The molecule has 114 valence electrons. The number of nitrogens with zero attached hydrogens (tertiary/aromatic N) is 1. The van der Waals surface area contributed by atoms with Crippen molar-refractivity contribution in [2.45, 2.75) is 32.4 Å². The van der Waals surface area contributed by atoms with Gasteiger partial charge in [-0.15, -0.1) is 0 Å². The highest BCUT2D eigenvalue weighted by molar-refractivity contribution is 5.75. The van der Waals surface area contributed by atoms with Gasteiger partial charge in [-0.1, -0.05) is 60.7 Å². The van der Waals surface area contributed by atoms with Gasteiger partial charge in [0.2, 0.25) is 0 Å². The molecule has 1 aliphatic rings. The Bertz CT molecular complexity index is 648. The summed E-state index contributed by atoms with van der Waals surface area (Å²) in [5, 5.41) is 0. The van der Waals surface area contributed by atoms with Crippen molar-refractivity contribution in [2.24, 2.45) is 5.92 Å². The molecule has 0 fully saturated rings. The molecule has 2 aromatic rings. The molecule has 22 heavy (non-hydrogen) atoms. The Hall–Kier alpha value is -2.09. The fourth-order valence-corrected chi connectivity index (χ4v) is 3.22. The van der Waals surface area contributed by atoms with Crippen LogP contribution in [0.25, 0.3) is 0 Å². The molecular formula is C20H24NO+. The molecule has 2 nitrogen and oxygen atoms in total. The van der Waals surface area contributed by atoms with Crippen molar-refractivity contribution in [3.63, 3.8) is 0 Å². The van der Waals surface area contributed by atoms with Gasteiger partial charge in [0.05, 0.1) is 5.92 Å². The zero-order chi connectivity index (χ0) is 15.5. The Morgan fingerprint density at radius 1 is 1.00 bits per heavy atom. The SMILES string of the molecule is C[C@H](Cc1ccccc1)C1=[N+](C)[C@@H](C)[C@H](c2ccccc2)O1. The van der Waals surface area contributed by atoms with Crippen molar-refractivity contribution in [3.8, 4) is 0 Å². The summed E-state index contributed by atoms with van der Waals surface area (Å²) in [5.41, 5.74) is 2.61. The Labute approximate surface area is 133 Å². The fourth-order valence-electron chi connectivity index (χ4n) is 3.22. The van der Waals surface area contributed by atoms with E-state index in [2.05, 4.69) is 86.1 Å². The van der Waals surface area contributed by atoms with E-state index < -0.39 is 0 Å². The standard InChI is InChI=1S/C20H24NO/c1-15(14-17-10-6-4-7-11-17)20-21(3)16(2)19(22-20)18-12-8-5-9-13-18/h4-13,15-16,19H,14H2,1-3H3/q+1/t15-,16+,19-/m1/s1. The zero-order valence-electron chi connectivity index (χ0n) is 13.6. The topological polar surface area (TPSA) is 12.2 Å². The lowest BCUT2D eigenvalue weighted by atomic mass is 10.0. The highest BCUT2D eigenvalue weighted by Crippen LogP contribution is 2.30. The van der Waals surface area contributed by atoms with Crippen LogP contribution in [-0.2, 0) is 11.2 Å². The average molecular weight is 294 g/mol. The van der Waals surface area contributed by atoms with Crippen LogP contribution in [0.4, 0.5) is 0 Å². The van der Waals surface area contributed by atoms with Crippen LogP contribution in [0.3, 0.4) is 0 Å². The van der Waals surface area contributed by atoms with Crippen molar-refractivity contribution in [3.05, 3.63) is 71.8 Å². The minimum atomic E-state index is 0.124. The van der Waals surface area contributed by atoms with Crippen LogP contribution in [0.2, 0.25) is 0 Å². The first kappa shape index (κ1) is 14.8. The second-order valence-electron chi connectivity index (χ2n) is 6.23. The largest absolute Gasteiger partial charge is 0.433 e. The first-order valence-corrected chi connectivity index (χ1v) is 8.02. The number of rotatable bonds is 4. The number of likely N-dealkylation sites (N-methyl/N-ethyl adjacent to an activating group) is 1. The molecule has 0 aliphatic carbocycles. The molecule has 1 heterocycles. The first-order chi connectivity index (χ1) is 10.7. The van der Waals surface area contributed by atoms with E-state index >= 15 is 0 Å². The number of ether oxygens (including phenoxy) is 1. The van der Waals surface area contributed by atoms with Crippen LogP contribution in [0.5, 0.6) is 0 Å². The number of hydrogen-bond donors (Lipinski definition) is 0. The van der Waals surface area contributed by atoms with Gasteiger partial charge in [-0.05, 0) is 24.5 Å². The molecule has 3 atom stereocenters.